The first-order chi connectivity index (χ1) is 14.5. The lowest BCUT2D eigenvalue weighted by Crippen LogP contribution is -2.13. The van der Waals surface area contributed by atoms with Crippen LogP contribution in [0.25, 0.3) is 10.9 Å². The molecule has 0 amide bonds. The van der Waals surface area contributed by atoms with E-state index < -0.39 is 5.97 Å². The van der Waals surface area contributed by atoms with Crippen LogP contribution in [-0.4, -0.2) is 37.9 Å². The molecule has 0 atom stereocenters. The zero-order valence-corrected chi connectivity index (χ0v) is 16.5. The van der Waals surface area contributed by atoms with Gasteiger partial charge in [0.1, 0.15) is 12.4 Å². The maximum absolute atomic E-state index is 13.2. The topological polar surface area (TPSA) is 86.4 Å². The predicted molar refractivity (Wildman–Crippen MR) is 112 cm³/mol. The number of hydrogen-bond donors (Lipinski definition) is 1. The SMILES string of the molecule is Cc1cc2c(CC(=O)O)cccc2n1C(=O)c1ccc(OCCn2cccn2)cc1. The summed E-state index contributed by atoms with van der Waals surface area (Å²) in [6, 6.07) is 16.1. The van der Waals surface area contributed by atoms with E-state index in [0.717, 1.165) is 11.1 Å². The molecule has 4 rings (SSSR count). The molecule has 0 aliphatic rings. The Morgan fingerprint density at radius 1 is 1.10 bits per heavy atom. The summed E-state index contributed by atoms with van der Waals surface area (Å²) in [4.78, 5) is 24.3. The van der Waals surface area contributed by atoms with Gasteiger partial charge < -0.3 is 9.84 Å². The molecule has 0 aliphatic heterocycles. The largest absolute Gasteiger partial charge is 0.492 e. The molecule has 4 aromatic rings. The third kappa shape index (κ3) is 3.96. The molecule has 7 heteroatoms. The second kappa shape index (κ2) is 8.24. The molecule has 0 aliphatic carbocycles. The molecule has 0 fully saturated rings. The van der Waals surface area contributed by atoms with E-state index in [2.05, 4.69) is 5.10 Å². The van der Waals surface area contributed by atoms with Crippen LogP contribution < -0.4 is 4.74 Å². The van der Waals surface area contributed by atoms with Crippen molar-refractivity contribution in [3.8, 4) is 5.75 Å². The normalized spacial score (nSPS) is 11.0. The van der Waals surface area contributed by atoms with E-state index in [4.69, 9.17) is 9.84 Å². The number of aromatic nitrogens is 3. The van der Waals surface area contributed by atoms with E-state index in [9.17, 15) is 9.59 Å². The maximum Gasteiger partial charge on any atom is 0.307 e. The van der Waals surface area contributed by atoms with Gasteiger partial charge in [-0.15, -0.1) is 0 Å². The van der Waals surface area contributed by atoms with Crippen LogP contribution in [0.2, 0.25) is 0 Å². The van der Waals surface area contributed by atoms with Gasteiger partial charge in [0, 0.05) is 29.0 Å². The van der Waals surface area contributed by atoms with Crippen molar-refractivity contribution in [2.24, 2.45) is 0 Å². The fourth-order valence-corrected chi connectivity index (χ4v) is 3.52. The van der Waals surface area contributed by atoms with Crippen molar-refractivity contribution in [2.75, 3.05) is 6.61 Å². The molecule has 0 saturated carbocycles. The Morgan fingerprint density at radius 2 is 1.90 bits per heavy atom. The molecule has 30 heavy (non-hydrogen) atoms. The van der Waals surface area contributed by atoms with Crippen LogP contribution in [0, 0.1) is 6.92 Å². The van der Waals surface area contributed by atoms with Crippen LogP contribution in [0.15, 0.2) is 67.0 Å². The molecule has 2 aromatic carbocycles. The Hall–Kier alpha value is -3.87. The number of fused-ring (bicyclic) bond motifs is 1. The van der Waals surface area contributed by atoms with Gasteiger partial charge in [0.2, 0.25) is 0 Å². The number of carboxylic acids is 1. The Bertz CT molecular complexity index is 1190. The first kappa shape index (κ1) is 19.4. The van der Waals surface area contributed by atoms with E-state index in [1.165, 1.54) is 0 Å². The van der Waals surface area contributed by atoms with E-state index >= 15 is 0 Å². The third-order valence-electron chi connectivity index (χ3n) is 4.91. The number of ether oxygens (including phenoxy) is 1. The van der Waals surface area contributed by atoms with Crippen molar-refractivity contribution in [3.05, 3.63) is 83.8 Å². The summed E-state index contributed by atoms with van der Waals surface area (Å²) in [7, 11) is 0. The number of aliphatic carboxylic acids is 1. The van der Waals surface area contributed by atoms with Crippen LogP contribution in [0.4, 0.5) is 0 Å². The number of hydrogen-bond acceptors (Lipinski definition) is 4. The lowest BCUT2D eigenvalue weighted by Gasteiger charge is -2.10. The molecular formula is C23H21N3O4. The number of nitrogens with zero attached hydrogens (tertiary/aromatic N) is 3. The quantitative estimate of drug-likeness (QED) is 0.510. The summed E-state index contributed by atoms with van der Waals surface area (Å²) in [5.74, 6) is -0.392. The standard InChI is InChI=1S/C23H21N3O4/c1-16-14-20-18(15-22(27)28)4-2-5-21(20)26(16)23(29)17-6-8-19(9-7-17)30-13-12-25-11-3-10-24-25/h2-11,14H,12-13,15H2,1H3,(H,27,28). The average Bonchev–Trinajstić information content (AvgIpc) is 3.35. The van der Waals surface area contributed by atoms with E-state index in [1.807, 2.05) is 31.3 Å². The van der Waals surface area contributed by atoms with Crippen molar-refractivity contribution in [1.29, 1.82) is 0 Å². The third-order valence-corrected chi connectivity index (χ3v) is 4.91. The average molecular weight is 403 g/mol. The first-order valence-electron chi connectivity index (χ1n) is 9.59. The number of rotatable bonds is 7. The summed E-state index contributed by atoms with van der Waals surface area (Å²) in [6.07, 6.45) is 3.51. The maximum atomic E-state index is 13.2. The van der Waals surface area contributed by atoms with Gasteiger partial charge in [0.15, 0.2) is 0 Å². The highest BCUT2D eigenvalue weighted by atomic mass is 16.5. The molecule has 2 aromatic heterocycles. The van der Waals surface area contributed by atoms with Gasteiger partial charge >= 0.3 is 5.97 Å². The molecule has 7 nitrogen and oxygen atoms in total. The summed E-state index contributed by atoms with van der Waals surface area (Å²) in [5.41, 5.74) is 2.68. The lowest BCUT2D eigenvalue weighted by atomic mass is 10.1. The number of carboxylic acid groups (broad SMARTS) is 1. The van der Waals surface area contributed by atoms with Gasteiger partial charge in [0.25, 0.3) is 5.91 Å². The molecule has 0 saturated heterocycles. The second-order valence-corrected chi connectivity index (χ2v) is 6.99. The van der Waals surface area contributed by atoms with E-state index in [1.54, 1.807) is 51.8 Å². The summed E-state index contributed by atoms with van der Waals surface area (Å²) in [6.45, 7) is 2.96. The van der Waals surface area contributed by atoms with Crippen molar-refractivity contribution in [3.63, 3.8) is 0 Å². The summed E-state index contributed by atoms with van der Waals surface area (Å²) < 4.78 is 9.12. The van der Waals surface area contributed by atoms with Crippen LogP contribution in [0.3, 0.4) is 0 Å². The van der Waals surface area contributed by atoms with Gasteiger partial charge in [-0.3, -0.25) is 18.8 Å². The molecule has 0 unspecified atom stereocenters. The number of aryl methyl sites for hydroxylation is 1. The minimum atomic E-state index is -0.901. The minimum absolute atomic E-state index is 0.0838. The van der Waals surface area contributed by atoms with Crippen LogP contribution in [-0.2, 0) is 17.8 Å². The minimum Gasteiger partial charge on any atom is -0.492 e. The Kier molecular flexibility index (Phi) is 5.34. The fourth-order valence-electron chi connectivity index (χ4n) is 3.52. The van der Waals surface area contributed by atoms with Crippen molar-refractivity contribution in [2.45, 2.75) is 19.9 Å². The summed E-state index contributed by atoms with van der Waals surface area (Å²) >= 11 is 0. The monoisotopic (exact) mass is 403 g/mol. The van der Waals surface area contributed by atoms with Gasteiger partial charge in [-0.05, 0) is 55.0 Å². The van der Waals surface area contributed by atoms with E-state index in [0.29, 0.717) is 35.5 Å². The molecule has 0 bridgehead atoms. The van der Waals surface area contributed by atoms with Gasteiger partial charge in [0.05, 0.1) is 18.5 Å². The van der Waals surface area contributed by atoms with E-state index in [-0.39, 0.29) is 12.3 Å². The van der Waals surface area contributed by atoms with Crippen LogP contribution in [0.5, 0.6) is 5.75 Å². The van der Waals surface area contributed by atoms with Crippen molar-refractivity contribution >= 4 is 22.8 Å². The molecular weight excluding hydrogens is 382 g/mol. The van der Waals surface area contributed by atoms with Gasteiger partial charge in [-0.1, -0.05) is 12.1 Å². The highest BCUT2D eigenvalue weighted by Crippen LogP contribution is 2.25. The lowest BCUT2D eigenvalue weighted by molar-refractivity contribution is -0.136. The Labute approximate surface area is 173 Å². The van der Waals surface area contributed by atoms with Crippen molar-refractivity contribution in [1.82, 2.24) is 14.3 Å². The number of carbonyl (C=O) groups is 2. The predicted octanol–water partition coefficient (Wildman–Crippen LogP) is 3.54. The van der Waals surface area contributed by atoms with Gasteiger partial charge in [-0.25, -0.2) is 0 Å². The highest BCUT2D eigenvalue weighted by molar-refractivity contribution is 6.04. The summed E-state index contributed by atoms with van der Waals surface area (Å²) in [5, 5.41) is 14.0. The number of benzene rings is 2. The molecule has 2 heterocycles. The Balaban J connectivity index is 1.53. The smallest absolute Gasteiger partial charge is 0.307 e. The zero-order chi connectivity index (χ0) is 21.1. The zero-order valence-electron chi connectivity index (χ0n) is 16.5. The van der Waals surface area contributed by atoms with Crippen LogP contribution in [0.1, 0.15) is 21.6 Å². The Morgan fingerprint density at radius 3 is 2.60 bits per heavy atom. The van der Waals surface area contributed by atoms with Crippen molar-refractivity contribution < 1.29 is 19.4 Å². The second-order valence-electron chi connectivity index (χ2n) is 6.99. The first-order valence-corrected chi connectivity index (χ1v) is 9.59. The molecule has 152 valence electrons. The number of carbonyl (C=O) groups excluding carboxylic acids is 1. The highest BCUT2D eigenvalue weighted by Gasteiger charge is 2.17. The van der Waals surface area contributed by atoms with Gasteiger partial charge in [-0.2, -0.15) is 5.10 Å². The fraction of sp³-hybridized carbons (Fsp3) is 0.174. The molecule has 0 radical (unpaired) electrons. The molecule has 1 N–H and O–H groups in total. The van der Waals surface area contributed by atoms with Crippen LogP contribution >= 0.6 is 0 Å². The molecule has 0 spiro atoms.